The molecule has 0 amide bonds. The van der Waals surface area contributed by atoms with Crippen LogP contribution >= 0.6 is 0 Å². The number of hydrogen-bond acceptors (Lipinski definition) is 2. The van der Waals surface area contributed by atoms with Crippen LogP contribution in [0, 0.1) is 23.7 Å². The second-order valence-electron chi connectivity index (χ2n) is 6.89. The average molecular weight is 324 g/mol. The highest BCUT2D eigenvalue weighted by molar-refractivity contribution is 5.27. The highest BCUT2D eigenvalue weighted by Crippen LogP contribution is 2.36. The van der Waals surface area contributed by atoms with Gasteiger partial charge in [-0.15, -0.1) is 11.8 Å². The summed E-state index contributed by atoms with van der Waals surface area (Å²) in [7, 11) is 0. The summed E-state index contributed by atoms with van der Waals surface area (Å²) < 4.78 is 11.7. The Balaban J connectivity index is 1.55. The topological polar surface area (TPSA) is 18.5 Å². The number of benzene rings is 1. The molecule has 0 N–H and O–H groups in total. The zero-order valence-electron chi connectivity index (χ0n) is 14.8. The van der Waals surface area contributed by atoms with Crippen LogP contribution in [0.3, 0.4) is 0 Å². The van der Waals surface area contributed by atoms with Gasteiger partial charge in [0.15, 0.2) is 6.29 Å². The van der Waals surface area contributed by atoms with Gasteiger partial charge in [-0.1, -0.05) is 36.4 Å². The molecule has 0 bridgehead atoms. The number of ether oxygens (including phenoxy) is 2. The minimum absolute atomic E-state index is 0.212. The van der Waals surface area contributed by atoms with Crippen LogP contribution in [0.4, 0.5) is 0 Å². The molecule has 1 aliphatic carbocycles. The summed E-state index contributed by atoms with van der Waals surface area (Å²) in [5.41, 5.74) is 2.58. The molecule has 2 nitrogen and oxygen atoms in total. The highest BCUT2D eigenvalue weighted by Gasteiger charge is 2.24. The van der Waals surface area contributed by atoms with Crippen LogP contribution in [0.15, 0.2) is 36.4 Å². The van der Waals surface area contributed by atoms with E-state index in [2.05, 4.69) is 48.3 Å². The lowest BCUT2D eigenvalue weighted by Gasteiger charge is -2.29. The van der Waals surface area contributed by atoms with Crippen molar-refractivity contribution in [1.29, 1.82) is 0 Å². The minimum Gasteiger partial charge on any atom is -0.348 e. The molecular weight excluding hydrogens is 296 g/mol. The van der Waals surface area contributed by atoms with Gasteiger partial charge in [0.05, 0.1) is 13.2 Å². The lowest BCUT2D eigenvalue weighted by molar-refractivity contribution is -0.197. The standard InChI is InChI=1S/C22H28O2/c1-3-5-17-7-9-19(10-8-17)20-11-13-21(14-12-20)22-23-15-18(6-4-2)16-24-22/h4,6,11-14,17-19,22H,7-10,15-16H2,1-2H3/b6-4+. The Labute approximate surface area is 146 Å². The van der Waals surface area contributed by atoms with E-state index in [0.29, 0.717) is 17.8 Å². The van der Waals surface area contributed by atoms with Crippen molar-refractivity contribution in [3.8, 4) is 11.8 Å². The number of hydrogen-bond donors (Lipinski definition) is 0. The van der Waals surface area contributed by atoms with Gasteiger partial charge in [0.2, 0.25) is 0 Å². The quantitative estimate of drug-likeness (QED) is 0.560. The van der Waals surface area contributed by atoms with Gasteiger partial charge in [0.25, 0.3) is 0 Å². The normalized spacial score (nSPS) is 30.8. The van der Waals surface area contributed by atoms with Gasteiger partial charge < -0.3 is 9.47 Å². The van der Waals surface area contributed by atoms with Crippen molar-refractivity contribution in [2.24, 2.45) is 11.8 Å². The molecule has 0 radical (unpaired) electrons. The fourth-order valence-electron chi connectivity index (χ4n) is 3.79. The summed E-state index contributed by atoms with van der Waals surface area (Å²) in [6, 6.07) is 8.87. The van der Waals surface area contributed by atoms with Crippen LogP contribution in [-0.2, 0) is 9.47 Å². The SMILES string of the molecule is CC#CC1CCC(c2ccc(C3OCC(/C=C/C)CO3)cc2)CC1. The van der Waals surface area contributed by atoms with Gasteiger partial charge in [-0.05, 0) is 51.0 Å². The molecule has 0 unspecified atom stereocenters. The van der Waals surface area contributed by atoms with Crippen LogP contribution in [0.25, 0.3) is 0 Å². The predicted molar refractivity (Wildman–Crippen MR) is 97.5 cm³/mol. The lowest BCUT2D eigenvalue weighted by Crippen LogP contribution is -2.25. The van der Waals surface area contributed by atoms with Crippen LogP contribution < -0.4 is 0 Å². The van der Waals surface area contributed by atoms with Crippen LogP contribution in [0.1, 0.15) is 62.9 Å². The van der Waals surface area contributed by atoms with Crippen molar-refractivity contribution < 1.29 is 9.47 Å². The van der Waals surface area contributed by atoms with Crippen molar-refractivity contribution in [2.75, 3.05) is 13.2 Å². The average Bonchev–Trinajstić information content (AvgIpc) is 2.64. The van der Waals surface area contributed by atoms with Crippen molar-refractivity contribution in [2.45, 2.75) is 51.7 Å². The Kier molecular flexibility index (Phi) is 6.12. The predicted octanol–water partition coefficient (Wildman–Crippen LogP) is 5.22. The van der Waals surface area contributed by atoms with E-state index in [0.717, 1.165) is 18.8 Å². The molecular formula is C22H28O2. The van der Waals surface area contributed by atoms with Crippen LogP contribution in [0.5, 0.6) is 0 Å². The maximum Gasteiger partial charge on any atom is 0.183 e. The van der Waals surface area contributed by atoms with Crippen molar-refractivity contribution in [3.05, 3.63) is 47.5 Å². The second kappa shape index (κ2) is 8.51. The molecule has 128 valence electrons. The van der Waals surface area contributed by atoms with Crippen molar-refractivity contribution in [3.63, 3.8) is 0 Å². The summed E-state index contributed by atoms with van der Waals surface area (Å²) in [4.78, 5) is 0. The third kappa shape index (κ3) is 4.29. The van der Waals surface area contributed by atoms with Gasteiger partial charge >= 0.3 is 0 Å². The van der Waals surface area contributed by atoms with Gasteiger partial charge in [-0.2, -0.15) is 0 Å². The first kappa shape index (κ1) is 17.3. The zero-order valence-corrected chi connectivity index (χ0v) is 14.8. The number of rotatable bonds is 3. The van der Waals surface area contributed by atoms with Crippen LogP contribution in [0.2, 0.25) is 0 Å². The summed E-state index contributed by atoms with van der Waals surface area (Å²) in [6.45, 7) is 5.45. The molecule has 1 aliphatic heterocycles. The largest absolute Gasteiger partial charge is 0.348 e. The van der Waals surface area contributed by atoms with E-state index in [9.17, 15) is 0 Å². The van der Waals surface area contributed by atoms with E-state index in [4.69, 9.17) is 9.47 Å². The third-order valence-corrected chi connectivity index (χ3v) is 5.14. The van der Waals surface area contributed by atoms with E-state index in [1.807, 2.05) is 13.8 Å². The highest BCUT2D eigenvalue weighted by atomic mass is 16.7. The first-order valence-electron chi connectivity index (χ1n) is 9.18. The maximum atomic E-state index is 5.87. The summed E-state index contributed by atoms with van der Waals surface area (Å²) in [5, 5.41) is 0. The lowest BCUT2D eigenvalue weighted by atomic mass is 9.79. The Hall–Kier alpha value is -1.56. The van der Waals surface area contributed by atoms with Gasteiger partial charge in [-0.25, -0.2) is 0 Å². The Bertz CT molecular complexity index is 589. The van der Waals surface area contributed by atoms with E-state index in [1.54, 1.807) is 0 Å². The first-order valence-corrected chi connectivity index (χ1v) is 9.18. The summed E-state index contributed by atoms with van der Waals surface area (Å²) >= 11 is 0. The molecule has 1 aromatic carbocycles. The molecule has 2 fully saturated rings. The molecule has 0 atom stereocenters. The molecule has 2 heteroatoms. The van der Waals surface area contributed by atoms with Crippen molar-refractivity contribution in [1.82, 2.24) is 0 Å². The summed E-state index contributed by atoms with van der Waals surface area (Å²) in [6.07, 6.45) is 8.96. The summed E-state index contributed by atoms with van der Waals surface area (Å²) in [5.74, 6) is 8.07. The van der Waals surface area contributed by atoms with E-state index in [-0.39, 0.29) is 6.29 Å². The maximum absolute atomic E-state index is 5.87. The molecule has 1 aromatic rings. The Morgan fingerprint density at radius 2 is 1.58 bits per heavy atom. The minimum atomic E-state index is -0.212. The second-order valence-corrected chi connectivity index (χ2v) is 6.89. The van der Waals surface area contributed by atoms with E-state index >= 15 is 0 Å². The smallest absolute Gasteiger partial charge is 0.183 e. The molecule has 1 heterocycles. The van der Waals surface area contributed by atoms with Gasteiger partial charge in [0, 0.05) is 17.4 Å². The molecule has 3 rings (SSSR count). The van der Waals surface area contributed by atoms with Gasteiger partial charge in [-0.3, -0.25) is 0 Å². The molecule has 2 aliphatic rings. The van der Waals surface area contributed by atoms with E-state index < -0.39 is 0 Å². The van der Waals surface area contributed by atoms with E-state index in [1.165, 1.54) is 31.2 Å². The Morgan fingerprint density at radius 3 is 2.17 bits per heavy atom. The fraction of sp³-hybridized carbons (Fsp3) is 0.545. The van der Waals surface area contributed by atoms with Crippen molar-refractivity contribution >= 4 is 0 Å². The molecule has 1 saturated carbocycles. The molecule has 0 spiro atoms. The fourth-order valence-corrected chi connectivity index (χ4v) is 3.79. The molecule has 24 heavy (non-hydrogen) atoms. The monoisotopic (exact) mass is 324 g/mol. The Morgan fingerprint density at radius 1 is 0.958 bits per heavy atom. The zero-order chi connectivity index (χ0) is 16.8. The molecule has 0 aromatic heterocycles. The van der Waals surface area contributed by atoms with Gasteiger partial charge in [0.1, 0.15) is 0 Å². The molecule has 1 saturated heterocycles. The number of allylic oxidation sites excluding steroid dienone is 1. The van der Waals surface area contributed by atoms with Crippen LogP contribution in [-0.4, -0.2) is 13.2 Å². The third-order valence-electron chi connectivity index (χ3n) is 5.14. The first-order chi connectivity index (χ1) is 11.8.